The molecule has 0 saturated carbocycles. The average molecular weight is 162 g/mol. The molecule has 1 aromatic heterocycles. The first kappa shape index (κ1) is 7.28. The van der Waals surface area contributed by atoms with Crippen molar-refractivity contribution in [3.8, 4) is 0 Å². The summed E-state index contributed by atoms with van der Waals surface area (Å²) in [6.45, 7) is 4.03. The first-order valence-corrected chi connectivity index (χ1v) is 3.93. The highest BCUT2D eigenvalue weighted by atomic mass is 16.1. The standard InChI is InChI=1S/C9H10N2O/c1-5-4-10-9-7(6(5)2)3-8(12)11-9/h4H,3H2,1-2H3,(H,10,11,12). The molecule has 2 rings (SSSR count). The van der Waals surface area contributed by atoms with E-state index in [1.807, 2.05) is 13.8 Å². The number of rotatable bonds is 0. The lowest BCUT2D eigenvalue weighted by Gasteiger charge is -2.03. The highest BCUT2D eigenvalue weighted by Gasteiger charge is 2.20. The Labute approximate surface area is 70.8 Å². The van der Waals surface area contributed by atoms with Crippen LogP contribution in [0, 0.1) is 13.8 Å². The molecule has 3 heteroatoms. The maximum absolute atomic E-state index is 11.0. The largest absolute Gasteiger partial charge is 0.310 e. The van der Waals surface area contributed by atoms with E-state index in [9.17, 15) is 4.79 Å². The first-order chi connectivity index (χ1) is 5.68. The van der Waals surface area contributed by atoms with E-state index >= 15 is 0 Å². The molecule has 1 N–H and O–H groups in total. The predicted molar refractivity (Wildman–Crippen MR) is 46.0 cm³/mol. The third-order valence-corrected chi connectivity index (χ3v) is 2.31. The number of nitrogens with one attached hydrogen (secondary N) is 1. The first-order valence-electron chi connectivity index (χ1n) is 3.93. The summed E-state index contributed by atoms with van der Waals surface area (Å²) in [6.07, 6.45) is 2.27. The topological polar surface area (TPSA) is 42.0 Å². The Morgan fingerprint density at radius 3 is 3.00 bits per heavy atom. The summed E-state index contributed by atoms with van der Waals surface area (Å²) in [5, 5.41) is 2.72. The zero-order valence-electron chi connectivity index (χ0n) is 7.14. The van der Waals surface area contributed by atoms with Crippen molar-refractivity contribution in [1.82, 2.24) is 4.98 Å². The maximum atomic E-state index is 11.0. The summed E-state index contributed by atoms with van der Waals surface area (Å²) in [5.74, 6) is 0.786. The molecule has 0 saturated heterocycles. The van der Waals surface area contributed by atoms with Crippen LogP contribution in [-0.4, -0.2) is 10.9 Å². The lowest BCUT2D eigenvalue weighted by molar-refractivity contribution is -0.115. The molecule has 1 aliphatic rings. The van der Waals surface area contributed by atoms with Crippen LogP contribution >= 0.6 is 0 Å². The number of hydrogen-bond acceptors (Lipinski definition) is 2. The molecule has 1 aromatic rings. The van der Waals surface area contributed by atoms with Crippen molar-refractivity contribution in [2.45, 2.75) is 20.3 Å². The molecule has 1 amide bonds. The van der Waals surface area contributed by atoms with Crippen molar-refractivity contribution >= 4 is 11.7 Å². The number of pyridine rings is 1. The van der Waals surface area contributed by atoms with E-state index in [4.69, 9.17) is 0 Å². The zero-order valence-corrected chi connectivity index (χ0v) is 7.14. The van der Waals surface area contributed by atoms with Crippen molar-refractivity contribution < 1.29 is 4.79 Å². The third kappa shape index (κ3) is 0.897. The Balaban J connectivity index is 2.61. The number of nitrogens with zero attached hydrogens (tertiary/aromatic N) is 1. The minimum Gasteiger partial charge on any atom is -0.310 e. The monoisotopic (exact) mass is 162 g/mol. The molecule has 3 nitrogen and oxygen atoms in total. The van der Waals surface area contributed by atoms with Gasteiger partial charge in [0.25, 0.3) is 0 Å². The van der Waals surface area contributed by atoms with Gasteiger partial charge < -0.3 is 5.32 Å². The predicted octanol–water partition coefficient (Wildman–Crippen LogP) is 1.19. The molecule has 12 heavy (non-hydrogen) atoms. The van der Waals surface area contributed by atoms with Gasteiger partial charge in [-0.15, -0.1) is 0 Å². The molecule has 0 bridgehead atoms. The number of fused-ring (bicyclic) bond motifs is 1. The van der Waals surface area contributed by atoms with Crippen LogP contribution in [0.3, 0.4) is 0 Å². The Hall–Kier alpha value is -1.38. The molecule has 2 heterocycles. The highest BCUT2D eigenvalue weighted by molar-refractivity contribution is 5.98. The minimum atomic E-state index is 0.0474. The third-order valence-electron chi connectivity index (χ3n) is 2.31. The van der Waals surface area contributed by atoms with E-state index in [1.165, 1.54) is 5.56 Å². The SMILES string of the molecule is Cc1cnc2c(c1C)CC(=O)N2. The summed E-state index contributed by atoms with van der Waals surface area (Å²) >= 11 is 0. The normalized spacial score (nSPS) is 14.3. The zero-order chi connectivity index (χ0) is 8.72. The molecule has 0 spiro atoms. The van der Waals surface area contributed by atoms with Gasteiger partial charge in [-0.3, -0.25) is 4.79 Å². The summed E-state index contributed by atoms with van der Waals surface area (Å²) < 4.78 is 0. The van der Waals surface area contributed by atoms with Crippen LogP contribution in [0.5, 0.6) is 0 Å². The van der Waals surface area contributed by atoms with Crippen molar-refractivity contribution in [2.75, 3.05) is 5.32 Å². The van der Waals surface area contributed by atoms with Gasteiger partial charge in [0.05, 0.1) is 6.42 Å². The van der Waals surface area contributed by atoms with Gasteiger partial charge in [-0.25, -0.2) is 4.98 Å². The molecular weight excluding hydrogens is 152 g/mol. The van der Waals surface area contributed by atoms with Crippen molar-refractivity contribution in [1.29, 1.82) is 0 Å². The molecule has 0 aliphatic carbocycles. The minimum absolute atomic E-state index is 0.0474. The fourth-order valence-corrected chi connectivity index (χ4v) is 1.41. The lowest BCUT2D eigenvalue weighted by Crippen LogP contribution is -2.04. The van der Waals surface area contributed by atoms with Gasteiger partial charge in [-0.1, -0.05) is 0 Å². The van der Waals surface area contributed by atoms with Gasteiger partial charge in [-0.2, -0.15) is 0 Å². The number of aryl methyl sites for hydroxylation is 1. The lowest BCUT2D eigenvalue weighted by atomic mass is 10.1. The number of amides is 1. The number of carbonyl (C=O) groups excluding carboxylic acids is 1. The van der Waals surface area contributed by atoms with Crippen LogP contribution in [0.2, 0.25) is 0 Å². The van der Waals surface area contributed by atoms with Crippen molar-refractivity contribution in [2.24, 2.45) is 0 Å². The summed E-state index contributed by atoms with van der Waals surface area (Å²) in [5.41, 5.74) is 3.38. The average Bonchev–Trinajstić information content (AvgIpc) is 2.39. The van der Waals surface area contributed by atoms with Gasteiger partial charge in [0.2, 0.25) is 5.91 Å². The van der Waals surface area contributed by atoms with Crippen LogP contribution in [0.4, 0.5) is 5.82 Å². The van der Waals surface area contributed by atoms with E-state index in [1.54, 1.807) is 6.20 Å². The Morgan fingerprint density at radius 2 is 2.25 bits per heavy atom. The summed E-state index contributed by atoms with van der Waals surface area (Å²) in [7, 11) is 0. The second-order valence-corrected chi connectivity index (χ2v) is 3.12. The van der Waals surface area contributed by atoms with Gasteiger partial charge >= 0.3 is 0 Å². The van der Waals surface area contributed by atoms with E-state index < -0.39 is 0 Å². The van der Waals surface area contributed by atoms with Crippen molar-refractivity contribution in [3.05, 3.63) is 22.9 Å². The molecular formula is C9H10N2O. The van der Waals surface area contributed by atoms with E-state index in [0.717, 1.165) is 16.9 Å². The Bertz CT molecular complexity index is 358. The van der Waals surface area contributed by atoms with Gasteiger partial charge in [0.15, 0.2) is 0 Å². The van der Waals surface area contributed by atoms with Crippen LogP contribution in [-0.2, 0) is 11.2 Å². The van der Waals surface area contributed by atoms with Gasteiger partial charge in [-0.05, 0) is 25.0 Å². The Kier molecular flexibility index (Phi) is 1.40. The highest BCUT2D eigenvalue weighted by Crippen LogP contribution is 2.25. The van der Waals surface area contributed by atoms with Crippen LogP contribution in [0.1, 0.15) is 16.7 Å². The number of hydrogen-bond donors (Lipinski definition) is 1. The summed E-state index contributed by atoms with van der Waals surface area (Å²) in [4.78, 5) is 15.2. The van der Waals surface area contributed by atoms with Crippen LogP contribution < -0.4 is 5.32 Å². The molecule has 0 radical (unpaired) electrons. The molecule has 1 aliphatic heterocycles. The van der Waals surface area contributed by atoms with E-state index in [0.29, 0.717) is 6.42 Å². The van der Waals surface area contributed by atoms with Crippen LogP contribution in [0.15, 0.2) is 6.20 Å². The Morgan fingerprint density at radius 1 is 1.50 bits per heavy atom. The van der Waals surface area contributed by atoms with Gasteiger partial charge in [0.1, 0.15) is 5.82 Å². The fraction of sp³-hybridized carbons (Fsp3) is 0.333. The second kappa shape index (κ2) is 2.30. The second-order valence-electron chi connectivity index (χ2n) is 3.12. The number of anilines is 1. The fourth-order valence-electron chi connectivity index (χ4n) is 1.41. The molecule has 62 valence electrons. The smallest absolute Gasteiger partial charge is 0.230 e. The quantitative estimate of drug-likeness (QED) is 0.622. The number of carbonyl (C=O) groups is 1. The molecule has 0 unspecified atom stereocenters. The molecule has 0 aromatic carbocycles. The molecule has 0 atom stereocenters. The van der Waals surface area contributed by atoms with Gasteiger partial charge in [0, 0.05) is 11.8 Å². The maximum Gasteiger partial charge on any atom is 0.230 e. The van der Waals surface area contributed by atoms with Crippen molar-refractivity contribution in [3.63, 3.8) is 0 Å². The van der Waals surface area contributed by atoms with Crippen LogP contribution in [0.25, 0.3) is 0 Å². The van der Waals surface area contributed by atoms with E-state index in [-0.39, 0.29) is 5.91 Å². The summed E-state index contributed by atoms with van der Waals surface area (Å²) in [6, 6.07) is 0. The molecule has 0 fully saturated rings. The van der Waals surface area contributed by atoms with E-state index in [2.05, 4.69) is 10.3 Å². The number of aromatic nitrogens is 1.